The number of methoxy groups -OCH3 is 1. The van der Waals surface area contributed by atoms with Crippen molar-refractivity contribution in [2.75, 3.05) is 12.4 Å². The van der Waals surface area contributed by atoms with Gasteiger partial charge in [-0.2, -0.15) is 0 Å². The smallest absolute Gasteiger partial charge is 0.256 e. The fourth-order valence-corrected chi connectivity index (χ4v) is 1.65. The molecule has 4 heteroatoms. The maximum absolute atomic E-state index is 12.0. The molecule has 0 fully saturated rings. The van der Waals surface area contributed by atoms with Crippen molar-refractivity contribution in [2.24, 2.45) is 0 Å². The molecule has 0 spiro atoms. The van der Waals surface area contributed by atoms with E-state index in [1.54, 1.807) is 31.5 Å². The van der Waals surface area contributed by atoms with Crippen molar-refractivity contribution >= 4 is 11.7 Å². The van der Waals surface area contributed by atoms with Crippen LogP contribution in [0, 0.1) is 6.92 Å². The fraction of sp³-hybridized carbons (Fsp3) is 0.200. The van der Waals surface area contributed by atoms with E-state index in [2.05, 4.69) is 10.3 Å². The number of aryl methyl sites for hydroxylation is 1. The third kappa shape index (κ3) is 3.63. The van der Waals surface area contributed by atoms with E-state index in [0.29, 0.717) is 18.0 Å². The van der Waals surface area contributed by atoms with Crippen molar-refractivity contribution in [1.29, 1.82) is 0 Å². The SMILES string of the molecule is COCc1ccc(C(=O)Nc2ccc(C)cn2)cc1. The molecule has 1 aromatic heterocycles. The maximum Gasteiger partial charge on any atom is 0.256 e. The van der Waals surface area contributed by atoms with Gasteiger partial charge in [-0.1, -0.05) is 18.2 Å². The summed E-state index contributed by atoms with van der Waals surface area (Å²) < 4.78 is 5.02. The number of pyridine rings is 1. The third-order valence-electron chi connectivity index (χ3n) is 2.68. The van der Waals surface area contributed by atoms with Crippen molar-refractivity contribution < 1.29 is 9.53 Å². The van der Waals surface area contributed by atoms with E-state index in [-0.39, 0.29) is 5.91 Å². The van der Waals surface area contributed by atoms with Crippen LogP contribution in [0.5, 0.6) is 0 Å². The molecule has 0 saturated carbocycles. The van der Waals surface area contributed by atoms with Gasteiger partial charge in [0.15, 0.2) is 0 Å². The van der Waals surface area contributed by atoms with E-state index >= 15 is 0 Å². The van der Waals surface area contributed by atoms with Gasteiger partial charge in [0.25, 0.3) is 5.91 Å². The van der Waals surface area contributed by atoms with Crippen molar-refractivity contribution in [3.8, 4) is 0 Å². The Kier molecular flexibility index (Phi) is 4.26. The van der Waals surface area contributed by atoms with Gasteiger partial charge in [0.2, 0.25) is 0 Å². The predicted molar refractivity (Wildman–Crippen MR) is 74.1 cm³/mol. The Morgan fingerprint density at radius 1 is 1.21 bits per heavy atom. The molecule has 1 aromatic carbocycles. The van der Waals surface area contributed by atoms with E-state index in [4.69, 9.17) is 4.74 Å². The van der Waals surface area contributed by atoms with E-state index in [9.17, 15) is 4.79 Å². The van der Waals surface area contributed by atoms with Crippen molar-refractivity contribution in [2.45, 2.75) is 13.5 Å². The van der Waals surface area contributed by atoms with E-state index in [1.165, 1.54) is 0 Å². The minimum atomic E-state index is -0.166. The minimum absolute atomic E-state index is 0.166. The number of ether oxygens (including phenoxy) is 1. The summed E-state index contributed by atoms with van der Waals surface area (Å²) in [6, 6.07) is 11.0. The number of aromatic nitrogens is 1. The molecule has 0 radical (unpaired) electrons. The second-order valence-corrected chi connectivity index (χ2v) is 4.30. The molecule has 1 heterocycles. The van der Waals surface area contributed by atoms with E-state index in [0.717, 1.165) is 11.1 Å². The van der Waals surface area contributed by atoms with Gasteiger partial charge in [0, 0.05) is 18.9 Å². The fourth-order valence-electron chi connectivity index (χ4n) is 1.65. The van der Waals surface area contributed by atoms with E-state index in [1.807, 2.05) is 25.1 Å². The normalized spacial score (nSPS) is 10.2. The number of benzene rings is 1. The Bertz CT molecular complexity index is 547. The Hall–Kier alpha value is -2.20. The lowest BCUT2D eigenvalue weighted by Gasteiger charge is -2.05. The highest BCUT2D eigenvalue weighted by Crippen LogP contribution is 2.09. The number of nitrogens with zero attached hydrogens (tertiary/aromatic N) is 1. The molecule has 0 saturated heterocycles. The summed E-state index contributed by atoms with van der Waals surface area (Å²) in [5.74, 6) is 0.386. The first kappa shape index (κ1) is 13.2. The first-order chi connectivity index (χ1) is 9.19. The zero-order chi connectivity index (χ0) is 13.7. The van der Waals surface area contributed by atoms with Crippen molar-refractivity contribution in [1.82, 2.24) is 4.98 Å². The van der Waals surface area contributed by atoms with Crippen LogP contribution in [0.3, 0.4) is 0 Å². The molecule has 0 atom stereocenters. The average Bonchev–Trinajstić information content (AvgIpc) is 2.42. The predicted octanol–water partition coefficient (Wildman–Crippen LogP) is 2.79. The van der Waals surface area contributed by atoms with Gasteiger partial charge in [0.05, 0.1) is 6.61 Å². The lowest BCUT2D eigenvalue weighted by molar-refractivity contribution is 0.102. The van der Waals surface area contributed by atoms with Crippen LogP contribution in [-0.4, -0.2) is 18.0 Å². The Morgan fingerprint density at radius 2 is 1.95 bits per heavy atom. The average molecular weight is 256 g/mol. The van der Waals surface area contributed by atoms with Crippen LogP contribution < -0.4 is 5.32 Å². The van der Waals surface area contributed by atoms with Gasteiger partial charge in [-0.3, -0.25) is 4.79 Å². The van der Waals surface area contributed by atoms with Crippen molar-refractivity contribution in [3.05, 3.63) is 59.3 Å². The molecule has 19 heavy (non-hydrogen) atoms. The van der Waals surface area contributed by atoms with Gasteiger partial charge in [-0.05, 0) is 36.2 Å². The monoisotopic (exact) mass is 256 g/mol. The first-order valence-corrected chi connectivity index (χ1v) is 6.01. The van der Waals surface area contributed by atoms with Crippen LogP contribution in [0.25, 0.3) is 0 Å². The molecular weight excluding hydrogens is 240 g/mol. The number of rotatable bonds is 4. The molecule has 0 aliphatic heterocycles. The number of nitrogens with one attached hydrogen (secondary N) is 1. The highest BCUT2D eigenvalue weighted by atomic mass is 16.5. The van der Waals surface area contributed by atoms with Crippen LogP contribution in [-0.2, 0) is 11.3 Å². The summed E-state index contributed by atoms with van der Waals surface area (Å²) >= 11 is 0. The zero-order valence-electron chi connectivity index (χ0n) is 11.0. The van der Waals surface area contributed by atoms with Gasteiger partial charge >= 0.3 is 0 Å². The lowest BCUT2D eigenvalue weighted by atomic mass is 10.1. The zero-order valence-corrected chi connectivity index (χ0v) is 11.0. The Labute approximate surface area is 112 Å². The minimum Gasteiger partial charge on any atom is -0.380 e. The van der Waals surface area contributed by atoms with Crippen LogP contribution in [0.4, 0.5) is 5.82 Å². The van der Waals surface area contributed by atoms with Crippen LogP contribution in [0.2, 0.25) is 0 Å². The second-order valence-electron chi connectivity index (χ2n) is 4.30. The number of carbonyl (C=O) groups is 1. The summed E-state index contributed by atoms with van der Waals surface area (Å²) in [6.07, 6.45) is 1.72. The number of anilines is 1. The molecule has 4 nitrogen and oxygen atoms in total. The number of hydrogen-bond acceptors (Lipinski definition) is 3. The van der Waals surface area contributed by atoms with E-state index < -0.39 is 0 Å². The topological polar surface area (TPSA) is 51.2 Å². The number of amides is 1. The Balaban J connectivity index is 2.05. The number of carbonyl (C=O) groups excluding carboxylic acids is 1. The second kappa shape index (κ2) is 6.11. The standard InChI is InChI=1S/C15H16N2O2/c1-11-3-8-14(16-9-11)17-15(18)13-6-4-12(5-7-13)10-19-2/h3-9H,10H2,1-2H3,(H,16,17,18). The van der Waals surface area contributed by atoms with Gasteiger partial charge in [-0.15, -0.1) is 0 Å². The summed E-state index contributed by atoms with van der Waals surface area (Å²) in [4.78, 5) is 16.1. The summed E-state index contributed by atoms with van der Waals surface area (Å²) in [5, 5.41) is 2.76. The highest BCUT2D eigenvalue weighted by molar-refractivity contribution is 6.03. The molecule has 0 aliphatic carbocycles. The number of hydrogen-bond donors (Lipinski definition) is 1. The maximum atomic E-state index is 12.0. The lowest BCUT2D eigenvalue weighted by Crippen LogP contribution is -2.12. The molecule has 2 aromatic rings. The summed E-state index contributed by atoms with van der Waals surface area (Å²) in [6.45, 7) is 2.49. The van der Waals surface area contributed by atoms with Gasteiger partial charge in [-0.25, -0.2) is 4.98 Å². The molecule has 2 rings (SSSR count). The molecule has 98 valence electrons. The molecule has 1 N–H and O–H groups in total. The molecule has 0 unspecified atom stereocenters. The molecule has 0 aliphatic rings. The Morgan fingerprint density at radius 3 is 2.53 bits per heavy atom. The summed E-state index contributed by atoms with van der Waals surface area (Å²) in [7, 11) is 1.64. The first-order valence-electron chi connectivity index (χ1n) is 6.01. The third-order valence-corrected chi connectivity index (χ3v) is 2.68. The van der Waals surface area contributed by atoms with Gasteiger partial charge < -0.3 is 10.1 Å². The van der Waals surface area contributed by atoms with Gasteiger partial charge in [0.1, 0.15) is 5.82 Å². The van der Waals surface area contributed by atoms with Crippen LogP contribution in [0.15, 0.2) is 42.6 Å². The molecular formula is C15H16N2O2. The quantitative estimate of drug-likeness (QED) is 0.915. The van der Waals surface area contributed by atoms with Crippen LogP contribution >= 0.6 is 0 Å². The van der Waals surface area contributed by atoms with Crippen LogP contribution in [0.1, 0.15) is 21.5 Å². The highest BCUT2D eigenvalue weighted by Gasteiger charge is 2.06. The molecule has 1 amide bonds. The largest absolute Gasteiger partial charge is 0.380 e. The van der Waals surface area contributed by atoms with Crippen molar-refractivity contribution in [3.63, 3.8) is 0 Å². The molecule has 0 bridgehead atoms. The summed E-state index contributed by atoms with van der Waals surface area (Å²) in [5.41, 5.74) is 2.69.